The lowest BCUT2D eigenvalue weighted by molar-refractivity contribution is -0.152. The first-order chi connectivity index (χ1) is 6.49. The van der Waals surface area contributed by atoms with Crippen molar-refractivity contribution in [2.45, 2.75) is 44.2 Å². The number of hydrogen-bond donors (Lipinski definition) is 2. The highest BCUT2D eigenvalue weighted by atomic mass is 16.3. The molecule has 3 saturated heterocycles. The summed E-state index contributed by atoms with van der Waals surface area (Å²) in [6.45, 7) is 7.13. The predicted molar refractivity (Wildman–Crippen MR) is 57.0 cm³/mol. The molecule has 0 aromatic heterocycles. The summed E-state index contributed by atoms with van der Waals surface area (Å²) in [6.07, 6.45) is 3.07. The van der Waals surface area contributed by atoms with Gasteiger partial charge in [-0.05, 0) is 45.2 Å². The van der Waals surface area contributed by atoms with E-state index in [-0.39, 0.29) is 0 Å². The van der Waals surface area contributed by atoms with Crippen molar-refractivity contribution in [1.82, 2.24) is 4.90 Å². The van der Waals surface area contributed by atoms with Crippen LogP contribution in [0, 0.1) is 5.92 Å². The Hall–Kier alpha value is -0.120. The molecule has 2 unspecified atom stereocenters. The van der Waals surface area contributed by atoms with Gasteiger partial charge in [0, 0.05) is 12.1 Å². The summed E-state index contributed by atoms with van der Waals surface area (Å²) < 4.78 is 0. The maximum absolute atomic E-state index is 10.7. The van der Waals surface area contributed by atoms with Crippen molar-refractivity contribution in [2.24, 2.45) is 11.7 Å². The SMILES string of the molecule is CCC(C)(N)C1(O)CN2CCC1CC2. The maximum Gasteiger partial charge on any atom is 0.0978 e. The highest BCUT2D eigenvalue weighted by Crippen LogP contribution is 2.42. The average molecular weight is 198 g/mol. The minimum Gasteiger partial charge on any atom is -0.386 e. The number of piperidine rings is 3. The van der Waals surface area contributed by atoms with Gasteiger partial charge >= 0.3 is 0 Å². The zero-order valence-corrected chi connectivity index (χ0v) is 9.29. The molecule has 2 atom stereocenters. The number of fused-ring (bicyclic) bond motifs is 3. The van der Waals surface area contributed by atoms with Crippen LogP contribution in [-0.2, 0) is 0 Å². The van der Waals surface area contributed by atoms with E-state index in [1.807, 2.05) is 6.92 Å². The zero-order valence-electron chi connectivity index (χ0n) is 9.29. The summed E-state index contributed by atoms with van der Waals surface area (Å²) in [5, 5.41) is 10.7. The standard InChI is InChI=1S/C11H22N2O/c1-3-10(2,12)11(14)8-13-6-4-9(11)5-7-13/h9,14H,3-8,12H2,1-2H3. The van der Waals surface area contributed by atoms with E-state index in [0.717, 1.165) is 38.9 Å². The molecule has 0 saturated carbocycles. The van der Waals surface area contributed by atoms with Gasteiger partial charge in [-0.25, -0.2) is 0 Å². The number of hydrogen-bond acceptors (Lipinski definition) is 3. The molecule has 3 N–H and O–H groups in total. The van der Waals surface area contributed by atoms with Crippen molar-refractivity contribution in [1.29, 1.82) is 0 Å². The van der Waals surface area contributed by atoms with E-state index in [9.17, 15) is 5.11 Å². The van der Waals surface area contributed by atoms with E-state index in [4.69, 9.17) is 5.73 Å². The van der Waals surface area contributed by atoms with E-state index in [1.54, 1.807) is 0 Å². The normalized spacial score (nSPS) is 46.3. The average Bonchev–Trinajstić information content (AvgIpc) is 2.19. The summed E-state index contributed by atoms with van der Waals surface area (Å²) in [4.78, 5) is 2.35. The Balaban J connectivity index is 2.23. The second-order valence-corrected chi connectivity index (χ2v) is 5.25. The van der Waals surface area contributed by atoms with Crippen molar-refractivity contribution in [2.75, 3.05) is 19.6 Å². The van der Waals surface area contributed by atoms with E-state index >= 15 is 0 Å². The van der Waals surface area contributed by atoms with Crippen molar-refractivity contribution >= 4 is 0 Å². The number of nitrogens with zero attached hydrogens (tertiary/aromatic N) is 1. The van der Waals surface area contributed by atoms with Crippen molar-refractivity contribution < 1.29 is 5.11 Å². The number of aliphatic hydroxyl groups is 1. The van der Waals surface area contributed by atoms with Gasteiger partial charge in [0.05, 0.1) is 5.60 Å². The molecule has 0 amide bonds. The molecular formula is C11H22N2O. The Morgan fingerprint density at radius 2 is 2.07 bits per heavy atom. The molecule has 0 radical (unpaired) electrons. The monoisotopic (exact) mass is 198 g/mol. The van der Waals surface area contributed by atoms with Crippen molar-refractivity contribution in [3.05, 3.63) is 0 Å². The summed E-state index contributed by atoms with van der Waals surface area (Å²) in [7, 11) is 0. The van der Waals surface area contributed by atoms with Crippen LogP contribution < -0.4 is 5.73 Å². The zero-order chi connectivity index (χ0) is 10.4. The first kappa shape index (κ1) is 10.4. The lowest BCUT2D eigenvalue weighted by Crippen LogP contribution is -2.71. The quantitative estimate of drug-likeness (QED) is 0.682. The van der Waals surface area contributed by atoms with Crippen LogP contribution in [0.3, 0.4) is 0 Å². The van der Waals surface area contributed by atoms with Gasteiger partial charge in [-0.1, -0.05) is 6.92 Å². The summed E-state index contributed by atoms with van der Waals surface area (Å²) in [6, 6.07) is 0. The van der Waals surface area contributed by atoms with Gasteiger partial charge in [0.1, 0.15) is 0 Å². The van der Waals surface area contributed by atoms with Crippen LogP contribution in [0.1, 0.15) is 33.1 Å². The first-order valence-corrected chi connectivity index (χ1v) is 5.73. The molecule has 0 spiro atoms. The predicted octanol–water partition coefficient (Wildman–Crippen LogP) is 0.570. The van der Waals surface area contributed by atoms with E-state index in [1.165, 1.54) is 0 Å². The molecule has 3 fully saturated rings. The minimum atomic E-state index is -0.655. The summed E-state index contributed by atoms with van der Waals surface area (Å²) >= 11 is 0. The highest BCUT2D eigenvalue weighted by molar-refractivity contribution is 5.10. The van der Waals surface area contributed by atoms with Gasteiger partial charge in [-0.15, -0.1) is 0 Å². The van der Waals surface area contributed by atoms with Crippen LogP contribution in [0.2, 0.25) is 0 Å². The molecule has 2 bridgehead atoms. The maximum atomic E-state index is 10.7. The summed E-state index contributed by atoms with van der Waals surface area (Å²) in [5.41, 5.74) is 5.15. The van der Waals surface area contributed by atoms with Crippen LogP contribution in [0.15, 0.2) is 0 Å². The first-order valence-electron chi connectivity index (χ1n) is 5.73. The number of nitrogens with two attached hydrogens (primary N) is 1. The molecule has 3 aliphatic heterocycles. The Bertz CT molecular complexity index is 221. The van der Waals surface area contributed by atoms with Gasteiger partial charge in [0.2, 0.25) is 0 Å². The molecular weight excluding hydrogens is 176 g/mol. The van der Waals surface area contributed by atoms with Crippen molar-refractivity contribution in [3.63, 3.8) is 0 Å². The molecule has 3 nitrogen and oxygen atoms in total. The molecule has 0 aliphatic carbocycles. The van der Waals surface area contributed by atoms with Gasteiger partial charge < -0.3 is 15.7 Å². The molecule has 82 valence electrons. The van der Waals surface area contributed by atoms with Crippen molar-refractivity contribution in [3.8, 4) is 0 Å². The third-order valence-corrected chi connectivity index (χ3v) is 4.45. The Morgan fingerprint density at radius 1 is 1.50 bits per heavy atom. The van der Waals surface area contributed by atoms with Gasteiger partial charge in [-0.2, -0.15) is 0 Å². The largest absolute Gasteiger partial charge is 0.386 e. The van der Waals surface area contributed by atoms with Crippen LogP contribution >= 0.6 is 0 Å². The molecule has 14 heavy (non-hydrogen) atoms. The van der Waals surface area contributed by atoms with E-state index in [2.05, 4.69) is 11.8 Å². The Morgan fingerprint density at radius 3 is 2.43 bits per heavy atom. The Labute approximate surface area is 86.3 Å². The topological polar surface area (TPSA) is 49.5 Å². The van der Waals surface area contributed by atoms with Gasteiger partial charge in [-0.3, -0.25) is 0 Å². The second kappa shape index (κ2) is 3.19. The van der Waals surface area contributed by atoms with Gasteiger partial charge in [0.15, 0.2) is 0 Å². The van der Waals surface area contributed by atoms with Crippen LogP contribution in [0.4, 0.5) is 0 Å². The van der Waals surface area contributed by atoms with Crippen LogP contribution in [-0.4, -0.2) is 40.8 Å². The van der Waals surface area contributed by atoms with Gasteiger partial charge in [0.25, 0.3) is 0 Å². The van der Waals surface area contributed by atoms with Crippen LogP contribution in [0.5, 0.6) is 0 Å². The highest BCUT2D eigenvalue weighted by Gasteiger charge is 2.53. The molecule has 0 aromatic rings. The third kappa shape index (κ3) is 1.30. The Kier molecular flexibility index (Phi) is 2.37. The minimum absolute atomic E-state index is 0.419. The third-order valence-electron chi connectivity index (χ3n) is 4.45. The molecule has 3 heterocycles. The lowest BCUT2D eigenvalue weighted by Gasteiger charge is -2.56. The van der Waals surface area contributed by atoms with E-state index in [0.29, 0.717) is 5.92 Å². The fourth-order valence-corrected chi connectivity index (χ4v) is 2.99. The lowest BCUT2D eigenvalue weighted by atomic mass is 9.65. The van der Waals surface area contributed by atoms with Crippen LogP contribution in [0.25, 0.3) is 0 Å². The second-order valence-electron chi connectivity index (χ2n) is 5.25. The fraction of sp³-hybridized carbons (Fsp3) is 1.00. The molecule has 3 heteroatoms. The molecule has 0 aromatic carbocycles. The molecule has 3 rings (SSSR count). The van der Waals surface area contributed by atoms with E-state index < -0.39 is 11.1 Å². The summed E-state index contributed by atoms with van der Waals surface area (Å²) in [5.74, 6) is 0.419. The fourth-order valence-electron chi connectivity index (χ4n) is 2.99. The smallest absolute Gasteiger partial charge is 0.0978 e. The molecule has 3 aliphatic rings. The number of rotatable bonds is 2.